The largest absolute Gasteiger partial charge is 0.391 e. The third-order valence-corrected chi connectivity index (χ3v) is 4.26. The summed E-state index contributed by atoms with van der Waals surface area (Å²) in [7, 11) is 0. The average Bonchev–Trinajstić information content (AvgIpc) is 2.98. The first kappa shape index (κ1) is 15.9. The second-order valence-electron chi connectivity index (χ2n) is 5.71. The number of aliphatic hydroxyl groups is 1. The first-order valence-corrected chi connectivity index (χ1v) is 7.40. The lowest BCUT2D eigenvalue weighted by molar-refractivity contribution is -0.123. The summed E-state index contributed by atoms with van der Waals surface area (Å²) in [5.41, 5.74) is -0.231. The molecule has 1 amide bonds. The standard InChI is InChI=1S/C16H21F2NO2/c1-10(15-12(17)7-4-8-13(15)18)16(21)19-9-14(20)11-5-2-3-6-11/h4,7-8,10-11,14,20H,2-3,5-6,9H2,1H3,(H,19,21). The highest BCUT2D eigenvalue weighted by atomic mass is 19.1. The van der Waals surface area contributed by atoms with Crippen molar-refractivity contribution in [1.29, 1.82) is 0 Å². The van der Waals surface area contributed by atoms with Gasteiger partial charge < -0.3 is 10.4 Å². The Morgan fingerprint density at radius 2 is 1.90 bits per heavy atom. The Hall–Kier alpha value is -1.49. The van der Waals surface area contributed by atoms with Gasteiger partial charge in [0.1, 0.15) is 11.6 Å². The molecule has 3 nitrogen and oxygen atoms in total. The van der Waals surface area contributed by atoms with Gasteiger partial charge in [-0.1, -0.05) is 18.9 Å². The summed E-state index contributed by atoms with van der Waals surface area (Å²) >= 11 is 0. The minimum atomic E-state index is -0.929. The quantitative estimate of drug-likeness (QED) is 0.878. The Morgan fingerprint density at radius 3 is 2.48 bits per heavy atom. The molecule has 0 heterocycles. The van der Waals surface area contributed by atoms with E-state index in [1.165, 1.54) is 13.0 Å². The monoisotopic (exact) mass is 297 g/mol. The van der Waals surface area contributed by atoms with Crippen molar-refractivity contribution in [2.24, 2.45) is 5.92 Å². The number of amides is 1. The van der Waals surface area contributed by atoms with Gasteiger partial charge in [0.25, 0.3) is 0 Å². The average molecular weight is 297 g/mol. The molecule has 0 aliphatic heterocycles. The molecule has 2 unspecified atom stereocenters. The molecule has 5 heteroatoms. The van der Waals surface area contributed by atoms with Gasteiger partial charge in [-0.3, -0.25) is 4.79 Å². The predicted molar refractivity (Wildman–Crippen MR) is 75.7 cm³/mol. The zero-order valence-electron chi connectivity index (χ0n) is 12.1. The second kappa shape index (κ2) is 6.98. The van der Waals surface area contributed by atoms with Crippen LogP contribution in [0.3, 0.4) is 0 Å². The van der Waals surface area contributed by atoms with Gasteiger partial charge in [-0.2, -0.15) is 0 Å². The molecular formula is C16H21F2NO2. The van der Waals surface area contributed by atoms with Crippen LogP contribution in [0, 0.1) is 17.6 Å². The topological polar surface area (TPSA) is 49.3 Å². The van der Waals surface area contributed by atoms with Crippen LogP contribution in [0.25, 0.3) is 0 Å². The molecule has 1 saturated carbocycles. The number of hydrogen-bond acceptors (Lipinski definition) is 2. The van der Waals surface area contributed by atoms with Crippen molar-refractivity contribution in [1.82, 2.24) is 5.32 Å². The fraction of sp³-hybridized carbons (Fsp3) is 0.562. The Labute approximate surface area is 123 Å². The number of aliphatic hydroxyl groups excluding tert-OH is 1. The van der Waals surface area contributed by atoms with Gasteiger partial charge in [0.05, 0.1) is 12.0 Å². The molecule has 0 aromatic heterocycles. The van der Waals surface area contributed by atoms with Crippen molar-refractivity contribution in [2.45, 2.75) is 44.6 Å². The van der Waals surface area contributed by atoms with Crippen molar-refractivity contribution in [3.8, 4) is 0 Å². The van der Waals surface area contributed by atoms with Crippen LogP contribution in [0.2, 0.25) is 0 Å². The van der Waals surface area contributed by atoms with Crippen LogP contribution < -0.4 is 5.32 Å². The van der Waals surface area contributed by atoms with Gasteiger partial charge in [-0.05, 0) is 37.8 Å². The number of halogens is 2. The second-order valence-corrected chi connectivity index (χ2v) is 5.71. The number of carbonyl (C=O) groups excluding carboxylic acids is 1. The molecule has 21 heavy (non-hydrogen) atoms. The SMILES string of the molecule is CC(C(=O)NCC(O)C1CCCC1)c1c(F)cccc1F. The summed E-state index contributed by atoms with van der Waals surface area (Å²) in [6.45, 7) is 1.59. The maximum Gasteiger partial charge on any atom is 0.227 e. The first-order chi connectivity index (χ1) is 10.0. The van der Waals surface area contributed by atoms with E-state index in [1.54, 1.807) is 0 Å². The highest BCUT2D eigenvalue weighted by Crippen LogP contribution is 2.27. The van der Waals surface area contributed by atoms with Gasteiger partial charge in [-0.15, -0.1) is 0 Å². The number of hydrogen-bond donors (Lipinski definition) is 2. The zero-order chi connectivity index (χ0) is 15.4. The molecule has 0 bridgehead atoms. The zero-order valence-corrected chi connectivity index (χ0v) is 12.1. The molecule has 1 aliphatic carbocycles. The summed E-state index contributed by atoms with van der Waals surface area (Å²) in [6.07, 6.45) is 3.55. The summed E-state index contributed by atoms with van der Waals surface area (Å²) in [5, 5.41) is 12.6. The highest BCUT2D eigenvalue weighted by Gasteiger charge is 2.26. The molecule has 1 aliphatic rings. The first-order valence-electron chi connectivity index (χ1n) is 7.40. The minimum absolute atomic E-state index is 0.129. The minimum Gasteiger partial charge on any atom is -0.391 e. The molecule has 2 atom stereocenters. The van der Waals surface area contributed by atoms with Gasteiger partial charge >= 0.3 is 0 Å². The van der Waals surface area contributed by atoms with E-state index in [9.17, 15) is 18.7 Å². The van der Waals surface area contributed by atoms with Crippen LogP contribution in [0.1, 0.15) is 44.1 Å². The molecule has 2 N–H and O–H groups in total. The lowest BCUT2D eigenvalue weighted by atomic mass is 9.98. The smallest absolute Gasteiger partial charge is 0.227 e. The Kier molecular flexibility index (Phi) is 5.28. The van der Waals surface area contributed by atoms with Crippen molar-refractivity contribution >= 4 is 5.91 Å². The van der Waals surface area contributed by atoms with Crippen LogP contribution in [0.4, 0.5) is 8.78 Å². The number of benzene rings is 1. The van der Waals surface area contributed by atoms with Crippen LogP contribution in [0.5, 0.6) is 0 Å². The summed E-state index contributed by atoms with van der Waals surface area (Å²) in [6, 6.07) is 3.54. The molecule has 1 aromatic carbocycles. The van der Waals surface area contributed by atoms with E-state index in [0.29, 0.717) is 0 Å². The van der Waals surface area contributed by atoms with E-state index >= 15 is 0 Å². The number of carbonyl (C=O) groups is 1. The number of rotatable bonds is 5. The van der Waals surface area contributed by atoms with E-state index in [1.807, 2.05) is 0 Å². The molecule has 0 saturated heterocycles. The molecule has 1 fully saturated rings. The van der Waals surface area contributed by atoms with E-state index in [-0.39, 0.29) is 18.0 Å². The third-order valence-electron chi connectivity index (χ3n) is 4.26. The molecule has 116 valence electrons. The molecule has 0 spiro atoms. The predicted octanol–water partition coefficient (Wildman–Crippen LogP) is 2.74. The van der Waals surface area contributed by atoms with Crippen molar-refractivity contribution in [2.75, 3.05) is 6.54 Å². The maximum atomic E-state index is 13.6. The van der Waals surface area contributed by atoms with Gasteiger partial charge in [0, 0.05) is 12.1 Å². The van der Waals surface area contributed by atoms with Gasteiger partial charge in [0.15, 0.2) is 0 Å². The molecule has 1 aromatic rings. The Balaban J connectivity index is 1.93. The normalized spacial score (nSPS) is 18.5. The van der Waals surface area contributed by atoms with Crippen LogP contribution in [-0.2, 0) is 4.79 Å². The molecule has 2 rings (SSSR count). The van der Waals surface area contributed by atoms with Gasteiger partial charge in [-0.25, -0.2) is 8.78 Å². The fourth-order valence-electron chi connectivity index (χ4n) is 2.92. The number of nitrogens with one attached hydrogen (secondary N) is 1. The Morgan fingerprint density at radius 1 is 1.33 bits per heavy atom. The summed E-state index contributed by atoms with van der Waals surface area (Å²) in [4.78, 5) is 12.0. The molecular weight excluding hydrogens is 276 g/mol. The lowest BCUT2D eigenvalue weighted by Crippen LogP contribution is -2.37. The van der Waals surface area contributed by atoms with Gasteiger partial charge in [0.2, 0.25) is 5.91 Å². The highest BCUT2D eigenvalue weighted by molar-refractivity contribution is 5.83. The van der Waals surface area contributed by atoms with E-state index in [2.05, 4.69) is 5.32 Å². The van der Waals surface area contributed by atoms with Crippen molar-refractivity contribution in [3.05, 3.63) is 35.4 Å². The lowest BCUT2D eigenvalue weighted by Gasteiger charge is -2.20. The maximum absolute atomic E-state index is 13.6. The third kappa shape index (κ3) is 3.79. The van der Waals surface area contributed by atoms with Crippen LogP contribution >= 0.6 is 0 Å². The summed E-state index contributed by atoms with van der Waals surface area (Å²) in [5.74, 6) is -2.65. The molecule has 0 radical (unpaired) electrons. The van der Waals surface area contributed by atoms with Crippen LogP contribution in [-0.4, -0.2) is 23.7 Å². The van der Waals surface area contributed by atoms with E-state index in [4.69, 9.17) is 0 Å². The van der Waals surface area contributed by atoms with E-state index < -0.39 is 29.6 Å². The van der Waals surface area contributed by atoms with Crippen molar-refractivity contribution in [3.63, 3.8) is 0 Å². The van der Waals surface area contributed by atoms with Crippen molar-refractivity contribution < 1.29 is 18.7 Å². The van der Waals surface area contributed by atoms with Crippen LogP contribution in [0.15, 0.2) is 18.2 Å². The Bertz CT molecular complexity index is 481. The summed E-state index contributed by atoms with van der Waals surface area (Å²) < 4.78 is 27.3. The van der Waals surface area contributed by atoms with E-state index in [0.717, 1.165) is 37.8 Å². The fourth-order valence-corrected chi connectivity index (χ4v) is 2.92.